The summed E-state index contributed by atoms with van der Waals surface area (Å²) in [6, 6.07) is -2.23. The van der Waals surface area contributed by atoms with Crippen molar-refractivity contribution in [3.63, 3.8) is 0 Å². The van der Waals surface area contributed by atoms with E-state index in [1.54, 1.807) is 0 Å². The first-order chi connectivity index (χ1) is 12.5. The molecule has 0 radical (unpaired) electrons. The number of aliphatic hydroxyl groups is 2. The minimum atomic E-state index is -5.03. The molecule has 0 aromatic heterocycles. The fraction of sp³-hybridized carbons (Fsp3) is 0.462. The molecule has 0 amide bonds. The van der Waals surface area contributed by atoms with Crippen LogP contribution in [0, 0.1) is 0 Å². The maximum absolute atomic E-state index is 11.4. The summed E-state index contributed by atoms with van der Waals surface area (Å²) in [5.74, 6) is -2.98. The number of carboxylic acids is 1. The lowest BCUT2D eigenvalue weighted by Gasteiger charge is -2.35. The average molecular weight is 410 g/mol. The molecule has 1 rings (SSSR count). The monoisotopic (exact) mass is 410 g/mol. The third-order valence-electron chi connectivity index (χ3n) is 3.49. The lowest BCUT2D eigenvalue weighted by molar-refractivity contribution is -0.222. The number of phosphoric acid groups is 1. The number of carboxylic acid groups (broad SMARTS) is 1. The van der Waals surface area contributed by atoms with Crippen LogP contribution in [-0.4, -0.2) is 67.0 Å². The normalized spacial score (nSPS) is 18.7. The number of nitrogens with one attached hydrogen (secondary N) is 1. The van der Waals surface area contributed by atoms with E-state index < -0.39 is 44.9 Å². The van der Waals surface area contributed by atoms with Gasteiger partial charge in [-0.25, -0.2) is 14.8 Å². The van der Waals surface area contributed by atoms with Crippen LogP contribution in [0.5, 0.6) is 0 Å². The second kappa shape index (κ2) is 9.60. The second-order valence-electron chi connectivity index (χ2n) is 5.39. The highest BCUT2D eigenvalue weighted by Gasteiger charge is 2.30. The van der Waals surface area contributed by atoms with Crippen molar-refractivity contribution in [2.45, 2.75) is 31.8 Å². The molecule has 0 aromatic rings. The molecule has 6 N–H and O–H groups in total. The highest BCUT2D eigenvalue weighted by atomic mass is 31.2. The molecule has 1 heterocycles. The van der Waals surface area contributed by atoms with Crippen molar-refractivity contribution in [3.8, 4) is 0 Å². The van der Waals surface area contributed by atoms with E-state index in [9.17, 15) is 34.3 Å². The maximum Gasteiger partial charge on any atom is 0.505 e. The minimum absolute atomic E-state index is 0.0479. The van der Waals surface area contributed by atoms with Crippen molar-refractivity contribution in [1.82, 2.24) is 10.4 Å². The zero-order valence-corrected chi connectivity index (χ0v) is 14.9. The van der Waals surface area contributed by atoms with E-state index in [-0.39, 0.29) is 23.3 Å². The Hall–Kier alpha value is -2.28. The number of aldehydes is 1. The molecule has 0 saturated heterocycles. The van der Waals surface area contributed by atoms with Crippen LogP contribution in [0.2, 0.25) is 0 Å². The molecular formula is C13H19N2O11P. The van der Waals surface area contributed by atoms with Gasteiger partial charge in [-0.3, -0.25) is 14.5 Å². The molecule has 1 aliphatic rings. The van der Waals surface area contributed by atoms with Gasteiger partial charge in [0, 0.05) is 11.8 Å². The van der Waals surface area contributed by atoms with E-state index in [0.29, 0.717) is 6.29 Å². The molecule has 27 heavy (non-hydrogen) atoms. The summed E-state index contributed by atoms with van der Waals surface area (Å²) in [5.41, 5.74) is 2.44. The Morgan fingerprint density at radius 3 is 2.56 bits per heavy atom. The summed E-state index contributed by atoms with van der Waals surface area (Å²) in [6.45, 7) is 0.865. The summed E-state index contributed by atoms with van der Waals surface area (Å²) in [7, 11) is -5.03. The van der Waals surface area contributed by atoms with Crippen LogP contribution in [0.3, 0.4) is 0 Å². The quantitative estimate of drug-likeness (QED) is 0.109. The second-order valence-corrected chi connectivity index (χ2v) is 6.52. The van der Waals surface area contributed by atoms with Crippen molar-refractivity contribution in [3.05, 3.63) is 23.1 Å². The highest BCUT2D eigenvalue weighted by Crippen LogP contribution is 2.36. The number of carbonyl (C=O) groups excluding carboxylic acids is 2. The van der Waals surface area contributed by atoms with Crippen LogP contribution in [0.1, 0.15) is 19.8 Å². The third-order valence-corrected chi connectivity index (χ3v) is 3.75. The number of nitrogens with zero attached hydrogens (tertiary/aromatic N) is 1. The molecule has 0 bridgehead atoms. The van der Waals surface area contributed by atoms with Crippen molar-refractivity contribution in [1.29, 1.82) is 0 Å². The molecule has 1 unspecified atom stereocenters. The fourth-order valence-electron chi connectivity index (χ4n) is 2.10. The topological polar surface area (TPSA) is 203 Å². The van der Waals surface area contributed by atoms with E-state index in [1.165, 1.54) is 13.1 Å². The Morgan fingerprint density at radius 2 is 2.07 bits per heavy atom. The smallest absolute Gasteiger partial charge is 0.505 e. The molecule has 14 heteroatoms. The first-order valence-corrected chi connectivity index (χ1v) is 8.95. The average Bonchev–Trinajstić information content (AvgIpc) is 2.59. The third kappa shape index (κ3) is 6.75. The molecule has 0 aliphatic carbocycles. The van der Waals surface area contributed by atoms with Gasteiger partial charge in [-0.05, 0) is 13.3 Å². The first-order valence-electron chi connectivity index (χ1n) is 7.42. The highest BCUT2D eigenvalue weighted by molar-refractivity contribution is 7.46. The zero-order chi connectivity index (χ0) is 20.8. The predicted molar refractivity (Wildman–Crippen MR) is 85.2 cm³/mol. The first kappa shape index (κ1) is 22.8. The Bertz CT molecular complexity index is 698. The number of hydrogen-bond acceptors (Lipinski definition) is 10. The molecule has 1 aliphatic heterocycles. The van der Waals surface area contributed by atoms with Gasteiger partial charge in [0.1, 0.15) is 11.8 Å². The Labute approximate surface area is 152 Å². The molecule has 0 aromatic carbocycles. The predicted octanol–water partition coefficient (Wildman–Crippen LogP) is -1.12. The van der Waals surface area contributed by atoms with E-state index in [0.717, 1.165) is 5.01 Å². The Morgan fingerprint density at radius 1 is 1.44 bits per heavy atom. The molecule has 0 saturated carbocycles. The Balaban J connectivity index is 2.77. The molecule has 2 atom stereocenters. The lowest BCUT2D eigenvalue weighted by Crippen LogP contribution is -2.51. The molecule has 0 fully saturated rings. The van der Waals surface area contributed by atoms with Crippen LogP contribution in [-0.2, 0) is 28.5 Å². The van der Waals surface area contributed by atoms with Crippen LogP contribution >= 0.6 is 7.82 Å². The van der Waals surface area contributed by atoms with Crippen LogP contribution in [0.15, 0.2) is 23.1 Å². The van der Waals surface area contributed by atoms with E-state index in [2.05, 4.69) is 15.0 Å². The summed E-state index contributed by atoms with van der Waals surface area (Å²) in [5, 5.41) is 29.7. The van der Waals surface area contributed by atoms with Gasteiger partial charge in [0.05, 0.1) is 24.6 Å². The summed E-state index contributed by atoms with van der Waals surface area (Å²) in [6.07, 6.45) is 0.662. The van der Waals surface area contributed by atoms with E-state index in [1.807, 2.05) is 0 Å². The summed E-state index contributed by atoms with van der Waals surface area (Å²) < 4.78 is 14.0. The molecule has 0 spiro atoms. The number of aliphatic hydroxyl groups excluding tert-OH is 2. The van der Waals surface area contributed by atoms with Gasteiger partial charge in [-0.2, -0.15) is 0 Å². The maximum atomic E-state index is 11.4. The van der Waals surface area contributed by atoms with Gasteiger partial charge >= 0.3 is 19.8 Å². The van der Waals surface area contributed by atoms with E-state index in [4.69, 9.17) is 9.79 Å². The van der Waals surface area contributed by atoms with Crippen LogP contribution in [0.4, 0.5) is 0 Å². The van der Waals surface area contributed by atoms with Crippen molar-refractivity contribution >= 4 is 26.0 Å². The SMILES string of the molecule is CC1C(O)=C(C=O)C(CO)=CN1N[C@@H](CCC(=O)OOP(=O)(O)O)C(=O)O. The standard InChI is InChI=1S/C13H19N2O11P/c1-7-12(19)9(6-17)8(5-16)4-15(7)14-10(13(20)21)2-3-11(18)25-26-27(22,23)24/h4,6-7,10,14,16,19H,2-3,5H2,1H3,(H,20,21)(H2,22,23,24)/t7?,10-/m0/s1. The van der Waals surface area contributed by atoms with Crippen molar-refractivity contribution in [2.75, 3.05) is 6.61 Å². The van der Waals surface area contributed by atoms with Gasteiger partial charge in [-0.1, -0.05) is 4.67 Å². The van der Waals surface area contributed by atoms with Gasteiger partial charge in [0.2, 0.25) is 0 Å². The summed E-state index contributed by atoms with van der Waals surface area (Å²) in [4.78, 5) is 54.4. The molecule has 152 valence electrons. The van der Waals surface area contributed by atoms with Gasteiger partial charge in [0.15, 0.2) is 6.29 Å². The Kier molecular flexibility index (Phi) is 8.09. The number of carbonyl (C=O) groups is 3. The van der Waals surface area contributed by atoms with Gasteiger partial charge in [0.25, 0.3) is 0 Å². The number of aliphatic carboxylic acids is 1. The van der Waals surface area contributed by atoms with Gasteiger partial charge < -0.3 is 30.1 Å². The summed E-state index contributed by atoms with van der Waals surface area (Å²) >= 11 is 0. The fourth-order valence-corrected chi connectivity index (χ4v) is 2.28. The zero-order valence-electron chi connectivity index (χ0n) is 14.0. The minimum Gasteiger partial charge on any atom is -0.509 e. The van der Waals surface area contributed by atoms with Crippen molar-refractivity contribution in [2.24, 2.45) is 0 Å². The van der Waals surface area contributed by atoms with Gasteiger partial charge in [-0.15, -0.1) is 0 Å². The van der Waals surface area contributed by atoms with Crippen LogP contribution in [0.25, 0.3) is 0 Å². The van der Waals surface area contributed by atoms with Crippen molar-refractivity contribution < 1.29 is 53.6 Å². The molecule has 13 nitrogen and oxygen atoms in total. The van der Waals surface area contributed by atoms with E-state index >= 15 is 0 Å². The number of rotatable bonds is 10. The molecular weight excluding hydrogens is 391 g/mol. The van der Waals surface area contributed by atoms with Crippen LogP contribution < -0.4 is 5.43 Å². The lowest BCUT2D eigenvalue weighted by atomic mass is 10.0. The number of hydrogen-bond donors (Lipinski definition) is 6. The number of hydrazine groups is 1. The largest absolute Gasteiger partial charge is 0.509 e.